The molecular weight excluding hydrogens is 256 g/mol. The van der Waals surface area contributed by atoms with Gasteiger partial charge >= 0.3 is 12.0 Å². The van der Waals surface area contributed by atoms with Gasteiger partial charge in [0, 0.05) is 11.7 Å². The maximum absolute atomic E-state index is 11.9. The molecule has 1 unspecified atom stereocenters. The van der Waals surface area contributed by atoms with Gasteiger partial charge in [0.2, 0.25) is 0 Å². The van der Waals surface area contributed by atoms with Gasteiger partial charge in [-0.1, -0.05) is 20.3 Å². The highest BCUT2D eigenvalue weighted by atomic mass is 16.4. The predicted octanol–water partition coefficient (Wildman–Crippen LogP) is 3.39. The number of carbonyl (C=O) groups excluding carboxylic acids is 1. The highest BCUT2D eigenvalue weighted by Crippen LogP contribution is 2.16. The number of amides is 2. The number of hydrogen-bond donors (Lipinski definition) is 3. The molecule has 2 amide bonds. The molecule has 1 rings (SSSR count). The number of benzene rings is 1. The van der Waals surface area contributed by atoms with E-state index in [0.29, 0.717) is 5.69 Å². The lowest BCUT2D eigenvalue weighted by Gasteiger charge is -2.17. The Labute approximate surface area is 119 Å². The largest absolute Gasteiger partial charge is 0.478 e. The highest BCUT2D eigenvalue weighted by molar-refractivity contribution is 5.92. The van der Waals surface area contributed by atoms with Crippen molar-refractivity contribution >= 4 is 17.7 Å². The van der Waals surface area contributed by atoms with Crippen LogP contribution in [0.5, 0.6) is 0 Å². The summed E-state index contributed by atoms with van der Waals surface area (Å²) < 4.78 is 0. The number of carbonyl (C=O) groups is 2. The number of aromatic carboxylic acids is 1. The molecule has 1 atom stereocenters. The fourth-order valence-corrected chi connectivity index (χ4v) is 2.01. The van der Waals surface area contributed by atoms with E-state index in [9.17, 15) is 9.59 Å². The molecule has 0 heterocycles. The Morgan fingerprint density at radius 1 is 1.30 bits per heavy atom. The van der Waals surface area contributed by atoms with Crippen LogP contribution in [0.2, 0.25) is 0 Å². The number of nitrogens with one attached hydrogen (secondary N) is 2. The zero-order valence-corrected chi connectivity index (χ0v) is 12.2. The minimum absolute atomic E-state index is 0.165. The van der Waals surface area contributed by atoms with Crippen molar-refractivity contribution in [3.63, 3.8) is 0 Å². The van der Waals surface area contributed by atoms with Crippen molar-refractivity contribution in [1.29, 1.82) is 0 Å². The number of anilines is 1. The number of rotatable bonds is 6. The van der Waals surface area contributed by atoms with E-state index in [1.165, 1.54) is 6.07 Å². The Balaban J connectivity index is 2.68. The van der Waals surface area contributed by atoms with Gasteiger partial charge in [0.05, 0.1) is 5.56 Å². The van der Waals surface area contributed by atoms with Crippen molar-refractivity contribution in [3.05, 3.63) is 29.3 Å². The van der Waals surface area contributed by atoms with Crippen LogP contribution < -0.4 is 10.6 Å². The molecule has 0 bridgehead atoms. The summed E-state index contributed by atoms with van der Waals surface area (Å²) in [5.41, 5.74) is 1.56. The van der Waals surface area contributed by atoms with Gasteiger partial charge in [-0.05, 0) is 43.5 Å². The number of carboxylic acids is 1. The molecule has 0 saturated carbocycles. The van der Waals surface area contributed by atoms with Gasteiger partial charge in [-0.15, -0.1) is 0 Å². The third kappa shape index (κ3) is 4.57. The summed E-state index contributed by atoms with van der Waals surface area (Å²) in [5.74, 6) is -0.974. The van der Waals surface area contributed by atoms with Crippen molar-refractivity contribution in [2.45, 2.75) is 46.1 Å². The Bertz CT molecular complexity index is 486. The van der Waals surface area contributed by atoms with E-state index in [0.717, 1.165) is 24.8 Å². The van der Waals surface area contributed by atoms with Crippen LogP contribution in [0.3, 0.4) is 0 Å². The van der Waals surface area contributed by atoms with Crippen LogP contribution in [-0.2, 0) is 0 Å². The smallest absolute Gasteiger partial charge is 0.335 e. The lowest BCUT2D eigenvalue weighted by atomic mass is 10.1. The molecule has 0 fully saturated rings. The molecule has 5 heteroatoms. The van der Waals surface area contributed by atoms with E-state index in [2.05, 4.69) is 17.6 Å². The number of carboxylic acid groups (broad SMARTS) is 1. The Hall–Kier alpha value is -2.04. The summed E-state index contributed by atoms with van der Waals surface area (Å²) in [6, 6.07) is 4.55. The minimum atomic E-state index is -0.974. The average Bonchev–Trinajstić information content (AvgIpc) is 2.40. The molecule has 110 valence electrons. The molecule has 1 aromatic rings. The molecule has 0 aliphatic rings. The molecule has 0 aliphatic carbocycles. The fraction of sp³-hybridized carbons (Fsp3) is 0.467. The van der Waals surface area contributed by atoms with Crippen molar-refractivity contribution in [3.8, 4) is 0 Å². The van der Waals surface area contributed by atoms with Gasteiger partial charge in [-0.2, -0.15) is 0 Å². The maximum Gasteiger partial charge on any atom is 0.335 e. The van der Waals surface area contributed by atoms with Gasteiger partial charge in [0.25, 0.3) is 0 Å². The van der Waals surface area contributed by atoms with Crippen LogP contribution >= 0.6 is 0 Å². The van der Waals surface area contributed by atoms with Crippen LogP contribution in [0.1, 0.15) is 49.0 Å². The van der Waals surface area contributed by atoms with Crippen LogP contribution in [0.15, 0.2) is 18.2 Å². The first-order chi connectivity index (χ1) is 9.47. The second-order valence-electron chi connectivity index (χ2n) is 4.83. The fourth-order valence-electron chi connectivity index (χ4n) is 2.01. The minimum Gasteiger partial charge on any atom is -0.478 e. The first-order valence-corrected chi connectivity index (χ1v) is 6.89. The average molecular weight is 278 g/mol. The first kappa shape index (κ1) is 16.0. The summed E-state index contributed by atoms with van der Waals surface area (Å²) in [7, 11) is 0. The second kappa shape index (κ2) is 7.53. The van der Waals surface area contributed by atoms with Gasteiger partial charge in [0.15, 0.2) is 0 Å². The van der Waals surface area contributed by atoms with E-state index >= 15 is 0 Å². The zero-order valence-electron chi connectivity index (χ0n) is 12.2. The lowest BCUT2D eigenvalue weighted by Crippen LogP contribution is -2.37. The Morgan fingerprint density at radius 3 is 2.50 bits per heavy atom. The SMILES string of the molecule is CCCC(CC)NC(=O)Nc1ccc(C(=O)O)cc1C. The third-order valence-corrected chi connectivity index (χ3v) is 3.19. The normalized spacial score (nSPS) is 11.8. The maximum atomic E-state index is 11.9. The Kier molecular flexibility index (Phi) is 6.03. The van der Waals surface area contributed by atoms with Crippen molar-refractivity contribution in [1.82, 2.24) is 5.32 Å². The van der Waals surface area contributed by atoms with Crippen LogP contribution in [0.4, 0.5) is 10.5 Å². The molecule has 20 heavy (non-hydrogen) atoms. The van der Waals surface area contributed by atoms with Gasteiger partial charge in [-0.3, -0.25) is 0 Å². The first-order valence-electron chi connectivity index (χ1n) is 6.89. The number of urea groups is 1. The van der Waals surface area contributed by atoms with Crippen molar-refractivity contribution in [2.75, 3.05) is 5.32 Å². The standard InChI is InChI=1S/C15H22N2O3/c1-4-6-12(5-2)16-15(20)17-13-8-7-11(14(18)19)9-10(13)3/h7-9,12H,4-6H2,1-3H3,(H,18,19)(H2,16,17,20). The molecule has 3 N–H and O–H groups in total. The summed E-state index contributed by atoms with van der Waals surface area (Å²) in [4.78, 5) is 22.7. The lowest BCUT2D eigenvalue weighted by molar-refractivity contribution is 0.0697. The van der Waals surface area contributed by atoms with Crippen molar-refractivity contribution in [2.24, 2.45) is 0 Å². The van der Waals surface area contributed by atoms with Gasteiger partial charge < -0.3 is 15.7 Å². The number of aryl methyl sites for hydroxylation is 1. The van der Waals surface area contributed by atoms with E-state index in [4.69, 9.17) is 5.11 Å². The molecule has 0 saturated heterocycles. The molecule has 5 nitrogen and oxygen atoms in total. The van der Waals surface area contributed by atoms with Crippen LogP contribution in [0, 0.1) is 6.92 Å². The summed E-state index contributed by atoms with van der Waals surface area (Å²) >= 11 is 0. The summed E-state index contributed by atoms with van der Waals surface area (Å²) in [6.45, 7) is 5.88. The summed E-state index contributed by atoms with van der Waals surface area (Å²) in [6.07, 6.45) is 2.85. The molecule has 0 spiro atoms. The number of hydrogen-bond acceptors (Lipinski definition) is 2. The van der Waals surface area contributed by atoms with E-state index in [1.54, 1.807) is 19.1 Å². The van der Waals surface area contributed by atoms with Crippen molar-refractivity contribution < 1.29 is 14.7 Å². The van der Waals surface area contributed by atoms with E-state index < -0.39 is 5.97 Å². The molecular formula is C15H22N2O3. The quantitative estimate of drug-likeness (QED) is 0.746. The van der Waals surface area contributed by atoms with Crippen LogP contribution in [-0.4, -0.2) is 23.1 Å². The molecule has 0 aromatic heterocycles. The highest BCUT2D eigenvalue weighted by Gasteiger charge is 2.11. The van der Waals surface area contributed by atoms with Gasteiger partial charge in [-0.25, -0.2) is 9.59 Å². The Morgan fingerprint density at radius 2 is 2.00 bits per heavy atom. The van der Waals surface area contributed by atoms with Crippen LogP contribution in [0.25, 0.3) is 0 Å². The predicted molar refractivity (Wildman–Crippen MR) is 79.3 cm³/mol. The summed E-state index contributed by atoms with van der Waals surface area (Å²) in [5, 5.41) is 14.6. The molecule has 0 aliphatic heterocycles. The second-order valence-corrected chi connectivity index (χ2v) is 4.83. The van der Waals surface area contributed by atoms with E-state index in [-0.39, 0.29) is 17.6 Å². The topological polar surface area (TPSA) is 78.4 Å². The monoisotopic (exact) mass is 278 g/mol. The van der Waals surface area contributed by atoms with E-state index in [1.807, 2.05) is 6.92 Å². The molecule has 0 radical (unpaired) electrons. The molecule has 1 aromatic carbocycles. The zero-order chi connectivity index (χ0) is 15.1. The third-order valence-electron chi connectivity index (χ3n) is 3.19. The van der Waals surface area contributed by atoms with Gasteiger partial charge in [0.1, 0.15) is 0 Å².